The van der Waals surface area contributed by atoms with E-state index in [0.717, 1.165) is 5.57 Å². The third kappa shape index (κ3) is 2.46. The molecule has 0 aliphatic heterocycles. The van der Waals surface area contributed by atoms with Gasteiger partial charge < -0.3 is 0 Å². The smallest absolute Gasteiger partial charge is 0.0323 e. The maximum absolute atomic E-state index is 3.60. The van der Waals surface area contributed by atoms with E-state index in [1.54, 1.807) is 0 Å². The van der Waals surface area contributed by atoms with Gasteiger partial charge in [0.15, 0.2) is 0 Å². The molecule has 0 aromatic heterocycles. The normalized spacial score (nSPS) is 13.8. The van der Waals surface area contributed by atoms with Crippen molar-refractivity contribution < 1.29 is 0 Å². The van der Waals surface area contributed by atoms with Gasteiger partial charge in [0.2, 0.25) is 0 Å². The molecule has 0 spiro atoms. The average molecular weight is 148 g/mol. The first kappa shape index (κ1) is 6.22. The molecular weight excluding hydrogens is 140 g/mol. The Labute approximate surface area is 47.4 Å². The molecule has 0 aliphatic rings. The van der Waals surface area contributed by atoms with E-state index < -0.39 is 0 Å². The van der Waals surface area contributed by atoms with Crippen molar-refractivity contribution >= 4 is 15.9 Å². The van der Waals surface area contributed by atoms with Gasteiger partial charge in [-0.15, -0.1) is 0 Å². The van der Waals surface area contributed by atoms with E-state index in [1.807, 2.05) is 6.92 Å². The molecule has 0 saturated carbocycles. The van der Waals surface area contributed by atoms with Gasteiger partial charge in [-0.05, 0) is 13.8 Å². The molecule has 0 bridgehead atoms. The Morgan fingerprint density at radius 1 is 1.83 bits per heavy atom. The Bertz CT molecular complexity index is 55.0. The van der Waals surface area contributed by atoms with E-state index in [9.17, 15) is 0 Å². The predicted octanol–water partition coefficient (Wildman–Crippen LogP) is 2.16. The summed E-state index contributed by atoms with van der Waals surface area (Å²) < 4.78 is 0. The second kappa shape index (κ2) is 2.40. The fraction of sp³-hybridized carbons (Fsp3) is 0.400. The highest BCUT2D eigenvalue weighted by Gasteiger charge is 1.90. The van der Waals surface area contributed by atoms with Crippen molar-refractivity contribution in [2.24, 2.45) is 0 Å². The first-order chi connectivity index (χ1) is 2.64. The maximum atomic E-state index is 3.60. The van der Waals surface area contributed by atoms with Crippen LogP contribution in [0.5, 0.6) is 0 Å². The minimum Gasteiger partial charge on any atom is -0.0987 e. The molecule has 1 radical (unpaired) electrons. The van der Waals surface area contributed by atoms with Crippen molar-refractivity contribution in [3.8, 4) is 0 Å². The van der Waals surface area contributed by atoms with E-state index in [1.165, 1.54) is 0 Å². The van der Waals surface area contributed by atoms with Crippen LogP contribution >= 0.6 is 15.9 Å². The maximum Gasteiger partial charge on any atom is 0.0323 e. The van der Waals surface area contributed by atoms with Gasteiger partial charge in [0, 0.05) is 4.83 Å². The number of alkyl halides is 1. The van der Waals surface area contributed by atoms with Gasteiger partial charge in [0.05, 0.1) is 0 Å². The molecule has 0 nitrogen and oxygen atoms in total. The lowest BCUT2D eigenvalue weighted by atomic mass is 10.3. The van der Waals surface area contributed by atoms with Crippen molar-refractivity contribution in [2.45, 2.75) is 11.8 Å². The van der Waals surface area contributed by atoms with Crippen molar-refractivity contribution in [1.29, 1.82) is 0 Å². The van der Waals surface area contributed by atoms with Gasteiger partial charge in [-0.3, -0.25) is 0 Å². The summed E-state index contributed by atoms with van der Waals surface area (Å²) in [5.41, 5.74) is 0.926. The lowest BCUT2D eigenvalue weighted by Crippen LogP contribution is -1.86. The van der Waals surface area contributed by atoms with Crippen molar-refractivity contribution in [1.82, 2.24) is 0 Å². The number of allylic oxidation sites excluding steroid dienone is 1. The zero-order valence-corrected chi connectivity index (χ0v) is 5.46. The van der Waals surface area contributed by atoms with Gasteiger partial charge in [0.25, 0.3) is 0 Å². The van der Waals surface area contributed by atoms with E-state index in [-0.39, 0.29) is 0 Å². The third-order valence-electron chi connectivity index (χ3n) is 0.563. The number of hydrogen-bond acceptors (Lipinski definition) is 0. The van der Waals surface area contributed by atoms with Crippen LogP contribution in [0.25, 0.3) is 0 Å². The van der Waals surface area contributed by atoms with Crippen LogP contribution in [0.3, 0.4) is 0 Å². The van der Waals surface area contributed by atoms with Crippen LogP contribution in [-0.2, 0) is 0 Å². The lowest BCUT2D eigenvalue weighted by Gasteiger charge is -1.95. The monoisotopic (exact) mass is 147 g/mol. The van der Waals surface area contributed by atoms with Gasteiger partial charge in [-0.25, -0.2) is 0 Å². The predicted molar refractivity (Wildman–Crippen MR) is 32.9 cm³/mol. The van der Waals surface area contributed by atoms with E-state index >= 15 is 0 Å². The summed E-state index contributed by atoms with van der Waals surface area (Å²) in [7, 11) is 0. The van der Waals surface area contributed by atoms with Gasteiger partial charge in [-0.1, -0.05) is 28.1 Å². The molecule has 0 rings (SSSR count). The molecule has 6 heavy (non-hydrogen) atoms. The molecule has 1 atom stereocenters. The molecule has 0 amide bonds. The Hall–Kier alpha value is 0.220. The van der Waals surface area contributed by atoms with E-state index in [0.29, 0.717) is 4.83 Å². The van der Waals surface area contributed by atoms with Crippen LogP contribution in [0.2, 0.25) is 0 Å². The largest absolute Gasteiger partial charge is 0.0987 e. The van der Waals surface area contributed by atoms with Crippen molar-refractivity contribution in [2.75, 3.05) is 0 Å². The van der Waals surface area contributed by atoms with Gasteiger partial charge >= 0.3 is 0 Å². The highest BCUT2D eigenvalue weighted by molar-refractivity contribution is 9.09. The minimum absolute atomic E-state index is 0.359. The molecule has 0 aromatic rings. The molecule has 1 heteroatoms. The highest BCUT2D eigenvalue weighted by Crippen LogP contribution is 2.05. The second-order valence-corrected chi connectivity index (χ2v) is 2.65. The van der Waals surface area contributed by atoms with Crippen molar-refractivity contribution in [3.05, 3.63) is 19.1 Å². The molecule has 0 N–H and O–H groups in total. The summed E-state index contributed by atoms with van der Waals surface area (Å²) in [6, 6.07) is 0. The summed E-state index contributed by atoms with van der Waals surface area (Å²) in [6.07, 6.45) is 0. The zero-order chi connectivity index (χ0) is 5.15. The number of rotatable bonds is 1. The Morgan fingerprint density at radius 3 is 2.00 bits per heavy atom. The molecule has 0 aliphatic carbocycles. The topological polar surface area (TPSA) is 0 Å². The Balaban J connectivity index is 3.26. The summed E-state index contributed by atoms with van der Waals surface area (Å²) >= 11 is 3.28. The zero-order valence-electron chi connectivity index (χ0n) is 3.87. The average Bonchev–Trinajstić information content (AvgIpc) is 1.36. The van der Waals surface area contributed by atoms with Gasteiger partial charge in [0.1, 0.15) is 0 Å². The lowest BCUT2D eigenvalue weighted by molar-refractivity contribution is 1.21. The quantitative estimate of drug-likeness (QED) is 0.500. The van der Waals surface area contributed by atoms with Crippen LogP contribution < -0.4 is 0 Å². The van der Waals surface area contributed by atoms with Crippen LogP contribution in [-0.4, -0.2) is 4.83 Å². The summed E-state index contributed by atoms with van der Waals surface area (Å²) in [4.78, 5) is 0.359. The summed E-state index contributed by atoms with van der Waals surface area (Å²) in [5, 5.41) is 0. The third-order valence-corrected chi connectivity index (χ3v) is 1.21. The standard InChI is InChI=1S/C5H8Br/c1-4(2)5(3)6/h5H,1-2H2,3H3. The molecule has 0 heterocycles. The van der Waals surface area contributed by atoms with E-state index in [2.05, 4.69) is 29.4 Å². The molecule has 0 fully saturated rings. The Kier molecular flexibility index (Phi) is 2.49. The molecule has 0 aromatic carbocycles. The molecule has 35 valence electrons. The van der Waals surface area contributed by atoms with Crippen LogP contribution in [0.15, 0.2) is 12.2 Å². The highest BCUT2D eigenvalue weighted by atomic mass is 79.9. The number of hydrogen-bond donors (Lipinski definition) is 0. The van der Waals surface area contributed by atoms with Gasteiger partial charge in [-0.2, -0.15) is 0 Å². The number of halogens is 1. The Morgan fingerprint density at radius 2 is 2.00 bits per heavy atom. The van der Waals surface area contributed by atoms with Crippen LogP contribution in [0, 0.1) is 6.92 Å². The fourth-order valence-corrected chi connectivity index (χ4v) is 0. The van der Waals surface area contributed by atoms with Crippen LogP contribution in [0.4, 0.5) is 0 Å². The molecular formula is C5H8Br. The van der Waals surface area contributed by atoms with Crippen molar-refractivity contribution in [3.63, 3.8) is 0 Å². The second-order valence-electron chi connectivity index (χ2n) is 1.27. The first-order valence-corrected chi connectivity index (χ1v) is 2.71. The molecule has 1 unspecified atom stereocenters. The molecule has 0 saturated heterocycles. The first-order valence-electron chi connectivity index (χ1n) is 1.79. The SMILES string of the molecule is [CH2]C(=C)C(C)Br. The van der Waals surface area contributed by atoms with E-state index in [4.69, 9.17) is 0 Å². The summed E-state index contributed by atoms with van der Waals surface area (Å²) in [5.74, 6) is 0. The fourth-order valence-electron chi connectivity index (χ4n) is 0. The van der Waals surface area contributed by atoms with Crippen LogP contribution in [0.1, 0.15) is 6.92 Å². The summed E-state index contributed by atoms with van der Waals surface area (Å²) in [6.45, 7) is 9.19. The minimum atomic E-state index is 0.359.